The van der Waals surface area contributed by atoms with Crippen molar-refractivity contribution < 1.29 is 14.3 Å². The predicted molar refractivity (Wildman–Crippen MR) is 66.5 cm³/mol. The van der Waals surface area contributed by atoms with E-state index in [1.165, 1.54) is 6.20 Å². The van der Waals surface area contributed by atoms with Crippen molar-refractivity contribution >= 4 is 5.91 Å². The molecule has 0 aliphatic carbocycles. The predicted octanol–water partition coefficient (Wildman–Crippen LogP) is 0.764. The zero-order valence-corrected chi connectivity index (χ0v) is 11.0. The molecular weight excluding hydrogens is 246 g/mol. The second-order valence-electron chi connectivity index (χ2n) is 4.94. The molecular formula is C13H17N3O3. The number of carbonyl (C=O) groups is 1. The molecule has 2 aliphatic heterocycles. The van der Waals surface area contributed by atoms with E-state index in [1.54, 1.807) is 11.1 Å². The van der Waals surface area contributed by atoms with Gasteiger partial charge in [0.15, 0.2) is 5.79 Å². The summed E-state index contributed by atoms with van der Waals surface area (Å²) in [5.41, 5.74) is 1.21. The molecule has 1 amide bonds. The first-order chi connectivity index (χ1) is 9.19. The molecule has 6 nitrogen and oxygen atoms in total. The van der Waals surface area contributed by atoms with Crippen LogP contribution in [0.1, 0.15) is 29.0 Å². The molecule has 0 aromatic carbocycles. The lowest BCUT2D eigenvalue weighted by Gasteiger charge is -2.37. The summed E-state index contributed by atoms with van der Waals surface area (Å²) in [5.74, 6) is -0.518. The van der Waals surface area contributed by atoms with Gasteiger partial charge in [0, 0.05) is 32.1 Å². The first-order valence-corrected chi connectivity index (χ1v) is 6.54. The summed E-state index contributed by atoms with van der Waals surface area (Å²) in [7, 11) is 0. The van der Waals surface area contributed by atoms with Gasteiger partial charge in [-0.1, -0.05) is 0 Å². The van der Waals surface area contributed by atoms with Crippen LogP contribution in [0.15, 0.2) is 12.4 Å². The summed E-state index contributed by atoms with van der Waals surface area (Å²) >= 11 is 0. The third-order valence-corrected chi connectivity index (χ3v) is 3.63. The van der Waals surface area contributed by atoms with E-state index in [0.29, 0.717) is 32.0 Å². The van der Waals surface area contributed by atoms with Crippen molar-refractivity contribution in [2.45, 2.75) is 25.6 Å². The first-order valence-electron chi connectivity index (χ1n) is 6.54. The summed E-state index contributed by atoms with van der Waals surface area (Å²) in [6, 6.07) is 0. The van der Waals surface area contributed by atoms with E-state index in [9.17, 15) is 4.79 Å². The van der Waals surface area contributed by atoms with Gasteiger partial charge in [0.2, 0.25) is 0 Å². The maximum atomic E-state index is 12.3. The molecule has 3 heterocycles. The van der Waals surface area contributed by atoms with Gasteiger partial charge in [-0.05, 0) is 6.92 Å². The van der Waals surface area contributed by atoms with Crippen molar-refractivity contribution in [2.24, 2.45) is 0 Å². The molecule has 1 spiro atoms. The van der Waals surface area contributed by atoms with Gasteiger partial charge in [-0.3, -0.25) is 9.78 Å². The highest BCUT2D eigenvalue weighted by Gasteiger charge is 2.41. The Kier molecular flexibility index (Phi) is 3.20. The van der Waals surface area contributed by atoms with Gasteiger partial charge in [0.1, 0.15) is 5.69 Å². The molecule has 0 unspecified atom stereocenters. The Labute approximate surface area is 111 Å². The largest absolute Gasteiger partial charge is 0.347 e. The topological polar surface area (TPSA) is 64.6 Å². The van der Waals surface area contributed by atoms with Crippen molar-refractivity contribution in [3.63, 3.8) is 0 Å². The molecule has 19 heavy (non-hydrogen) atoms. The lowest BCUT2D eigenvalue weighted by atomic mass is 10.0. The first kappa shape index (κ1) is 12.5. The van der Waals surface area contributed by atoms with Crippen molar-refractivity contribution in [1.82, 2.24) is 14.9 Å². The van der Waals surface area contributed by atoms with Gasteiger partial charge in [0.05, 0.1) is 25.1 Å². The van der Waals surface area contributed by atoms with Crippen molar-refractivity contribution in [3.8, 4) is 0 Å². The van der Waals surface area contributed by atoms with Gasteiger partial charge in [-0.15, -0.1) is 0 Å². The SMILES string of the molecule is Cc1cnc(C(=O)N2CCC3(CC2)OCCO3)cn1. The number of rotatable bonds is 1. The fourth-order valence-corrected chi connectivity index (χ4v) is 2.50. The molecule has 102 valence electrons. The highest BCUT2D eigenvalue weighted by molar-refractivity contribution is 5.92. The highest BCUT2D eigenvalue weighted by atomic mass is 16.7. The summed E-state index contributed by atoms with van der Waals surface area (Å²) in [6.45, 7) is 4.41. The molecule has 6 heteroatoms. The number of likely N-dealkylation sites (tertiary alicyclic amines) is 1. The standard InChI is InChI=1S/C13H17N3O3/c1-10-8-15-11(9-14-10)12(17)16-4-2-13(3-5-16)18-6-7-19-13/h8-9H,2-7H2,1H3. The quantitative estimate of drug-likeness (QED) is 0.748. The zero-order chi connectivity index (χ0) is 13.3. The Morgan fingerprint density at radius 2 is 1.89 bits per heavy atom. The van der Waals surface area contributed by atoms with E-state index in [1.807, 2.05) is 6.92 Å². The van der Waals surface area contributed by atoms with Crippen molar-refractivity contribution in [2.75, 3.05) is 26.3 Å². The average Bonchev–Trinajstić information content (AvgIpc) is 2.88. The molecule has 0 radical (unpaired) electrons. The van der Waals surface area contributed by atoms with Crippen LogP contribution in [-0.2, 0) is 9.47 Å². The number of piperidine rings is 1. The Balaban J connectivity index is 1.64. The molecule has 0 N–H and O–H groups in total. The Hall–Kier alpha value is -1.53. The number of carbonyl (C=O) groups excluding carboxylic acids is 1. The van der Waals surface area contributed by atoms with E-state index < -0.39 is 5.79 Å². The molecule has 3 rings (SSSR count). The molecule has 0 saturated carbocycles. The number of hydrogen-bond acceptors (Lipinski definition) is 5. The molecule has 1 aromatic rings. The van der Waals surface area contributed by atoms with Crippen LogP contribution in [0.25, 0.3) is 0 Å². The molecule has 2 aliphatic rings. The maximum absolute atomic E-state index is 12.3. The van der Waals surface area contributed by atoms with Gasteiger partial charge in [-0.25, -0.2) is 4.98 Å². The average molecular weight is 263 g/mol. The van der Waals surface area contributed by atoms with E-state index in [0.717, 1.165) is 18.5 Å². The third kappa shape index (κ3) is 2.46. The second kappa shape index (κ2) is 4.86. The van der Waals surface area contributed by atoms with Crippen LogP contribution >= 0.6 is 0 Å². The van der Waals surface area contributed by atoms with Crippen LogP contribution in [0, 0.1) is 6.92 Å². The Bertz CT molecular complexity index is 459. The van der Waals surface area contributed by atoms with Gasteiger partial charge < -0.3 is 14.4 Å². The van der Waals surface area contributed by atoms with E-state index in [4.69, 9.17) is 9.47 Å². The normalized spacial score (nSPS) is 21.8. The molecule has 1 aromatic heterocycles. The number of aromatic nitrogens is 2. The second-order valence-corrected chi connectivity index (χ2v) is 4.94. The smallest absolute Gasteiger partial charge is 0.274 e. The minimum absolute atomic E-state index is 0.0691. The van der Waals surface area contributed by atoms with Gasteiger partial charge >= 0.3 is 0 Å². The summed E-state index contributed by atoms with van der Waals surface area (Å²) in [6.07, 6.45) is 4.59. The number of ether oxygens (including phenoxy) is 2. The lowest BCUT2D eigenvalue weighted by molar-refractivity contribution is -0.181. The van der Waals surface area contributed by atoms with Crippen molar-refractivity contribution in [3.05, 3.63) is 23.8 Å². The van der Waals surface area contributed by atoms with Crippen LogP contribution < -0.4 is 0 Å². The van der Waals surface area contributed by atoms with Crippen LogP contribution in [0.3, 0.4) is 0 Å². The van der Waals surface area contributed by atoms with Crippen LogP contribution in [0.4, 0.5) is 0 Å². The highest BCUT2D eigenvalue weighted by Crippen LogP contribution is 2.31. The van der Waals surface area contributed by atoms with Crippen LogP contribution in [0.2, 0.25) is 0 Å². The number of amides is 1. The zero-order valence-electron chi connectivity index (χ0n) is 11.0. The maximum Gasteiger partial charge on any atom is 0.274 e. The minimum Gasteiger partial charge on any atom is -0.347 e. The summed E-state index contributed by atoms with van der Waals surface area (Å²) in [5, 5.41) is 0. The molecule has 2 saturated heterocycles. The minimum atomic E-state index is -0.449. The summed E-state index contributed by atoms with van der Waals surface area (Å²) < 4.78 is 11.3. The Morgan fingerprint density at radius 3 is 2.47 bits per heavy atom. The monoisotopic (exact) mass is 263 g/mol. The fourth-order valence-electron chi connectivity index (χ4n) is 2.50. The molecule has 0 bridgehead atoms. The Morgan fingerprint density at radius 1 is 1.21 bits per heavy atom. The third-order valence-electron chi connectivity index (χ3n) is 3.63. The lowest BCUT2D eigenvalue weighted by Crippen LogP contribution is -2.47. The van der Waals surface area contributed by atoms with Crippen molar-refractivity contribution in [1.29, 1.82) is 0 Å². The summed E-state index contributed by atoms with van der Waals surface area (Å²) in [4.78, 5) is 22.3. The number of hydrogen-bond donors (Lipinski definition) is 0. The van der Waals surface area contributed by atoms with Crippen LogP contribution in [-0.4, -0.2) is 52.9 Å². The number of nitrogens with zero attached hydrogens (tertiary/aromatic N) is 3. The van der Waals surface area contributed by atoms with E-state index in [2.05, 4.69) is 9.97 Å². The van der Waals surface area contributed by atoms with E-state index in [-0.39, 0.29) is 5.91 Å². The van der Waals surface area contributed by atoms with E-state index >= 15 is 0 Å². The number of aryl methyl sites for hydroxylation is 1. The fraction of sp³-hybridized carbons (Fsp3) is 0.615. The molecule has 0 atom stereocenters. The van der Waals surface area contributed by atoms with Crippen LogP contribution in [0.5, 0.6) is 0 Å². The van der Waals surface area contributed by atoms with Gasteiger partial charge in [-0.2, -0.15) is 0 Å². The molecule has 2 fully saturated rings. The van der Waals surface area contributed by atoms with Gasteiger partial charge in [0.25, 0.3) is 5.91 Å².